The van der Waals surface area contributed by atoms with E-state index in [4.69, 9.17) is 0 Å². The molecule has 0 saturated heterocycles. The van der Waals surface area contributed by atoms with Crippen LogP contribution in [0.15, 0.2) is 0 Å². The minimum Gasteiger partial charge on any atom is -0.314 e. The van der Waals surface area contributed by atoms with E-state index in [1.54, 1.807) is 19.6 Å². The summed E-state index contributed by atoms with van der Waals surface area (Å²) in [6, 6.07) is -1.43. The lowest BCUT2D eigenvalue weighted by molar-refractivity contribution is 0.450. The molecule has 0 amide bonds. The predicted octanol–water partition coefficient (Wildman–Crippen LogP) is 1.09. The van der Waals surface area contributed by atoms with Gasteiger partial charge in [-0.15, -0.1) is 0 Å². The zero-order chi connectivity index (χ0) is 8.41. The fraction of sp³-hybridized carbons (Fsp3) is 1.00. The molecule has 6 heteroatoms. The van der Waals surface area contributed by atoms with Crippen molar-refractivity contribution in [2.45, 2.75) is 19.6 Å². The first-order valence-corrected chi connectivity index (χ1v) is 7.75. The van der Waals surface area contributed by atoms with Crippen LogP contribution < -0.4 is 0 Å². The Balaban J connectivity index is 4.18. The average Bonchev–Trinajstić information content (AvgIpc) is 1.60. The van der Waals surface area contributed by atoms with E-state index in [1.165, 1.54) is 0 Å². The summed E-state index contributed by atoms with van der Waals surface area (Å²) in [6.45, 7) is 5.04. The van der Waals surface area contributed by atoms with Crippen molar-refractivity contribution in [1.29, 1.82) is 0 Å². The van der Waals surface area contributed by atoms with E-state index >= 15 is 0 Å². The molecule has 0 unspecified atom stereocenters. The van der Waals surface area contributed by atoms with E-state index in [9.17, 15) is 12.8 Å². The molecule has 0 bridgehead atoms. The monoisotopic (exact) mass is 186 g/mol. The predicted molar refractivity (Wildman–Crippen MR) is 39.3 cm³/mol. The van der Waals surface area contributed by atoms with Crippen molar-refractivity contribution in [1.82, 2.24) is 0 Å². The molecule has 0 aliphatic heterocycles. The Morgan fingerprint density at radius 3 is 1.90 bits per heavy atom. The Hall–Kier alpha value is 0.0569. The van der Waals surface area contributed by atoms with Crippen LogP contribution in [0.4, 0.5) is 4.39 Å². The van der Waals surface area contributed by atoms with Gasteiger partial charge in [0.1, 0.15) is 0 Å². The lowest BCUT2D eigenvalue weighted by Crippen LogP contribution is -2.29. The second-order valence-corrected chi connectivity index (χ2v) is 9.09. The molecular formula is C4H11FO3SSi. The SMILES string of the molecule is C[Si](C)(C)OS(=O)(=O)CF. The first kappa shape index (κ1) is 10.1. The smallest absolute Gasteiger partial charge is 0.287 e. The molecule has 0 aromatic heterocycles. The van der Waals surface area contributed by atoms with Crippen LogP contribution in [0.5, 0.6) is 0 Å². The third-order valence-electron chi connectivity index (χ3n) is 0.511. The third-order valence-corrected chi connectivity index (χ3v) is 3.79. The lowest BCUT2D eigenvalue weighted by atomic mass is 11.8. The summed E-state index contributed by atoms with van der Waals surface area (Å²) >= 11 is 0. The van der Waals surface area contributed by atoms with Gasteiger partial charge in [-0.2, -0.15) is 8.42 Å². The zero-order valence-corrected chi connectivity index (χ0v) is 8.03. The van der Waals surface area contributed by atoms with Gasteiger partial charge in [-0.25, -0.2) is 4.39 Å². The first-order valence-electron chi connectivity index (χ1n) is 2.76. The van der Waals surface area contributed by atoms with E-state index in [0.29, 0.717) is 0 Å². The van der Waals surface area contributed by atoms with Gasteiger partial charge in [0.15, 0.2) is 0 Å². The minimum absolute atomic E-state index is 1.43. The topological polar surface area (TPSA) is 43.4 Å². The summed E-state index contributed by atoms with van der Waals surface area (Å²) < 4.78 is 37.0. The van der Waals surface area contributed by atoms with Gasteiger partial charge in [0.05, 0.1) is 0 Å². The molecule has 3 nitrogen and oxygen atoms in total. The van der Waals surface area contributed by atoms with E-state index in [2.05, 4.69) is 3.87 Å². The van der Waals surface area contributed by atoms with Crippen LogP contribution in [-0.4, -0.2) is 22.7 Å². The zero-order valence-electron chi connectivity index (χ0n) is 6.22. The maximum absolute atomic E-state index is 11.6. The molecule has 0 fully saturated rings. The van der Waals surface area contributed by atoms with E-state index < -0.39 is 24.4 Å². The van der Waals surface area contributed by atoms with Crippen molar-refractivity contribution in [3.8, 4) is 0 Å². The van der Waals surface area contributed by atoms with Gasteiger partial charge >= 0.3 is 0 Å². The normalized spacial score (nSPS) is 13.6. The fourth-order valence-corrected chi connectivity index (χ4v) is 3.63. The van der Waals surface area contributed by atoms with Crippen LogP contribution in [-0.2, 0) is 14.0 Å². The summed E-state index contributed by atoms with van der Waals surface area (Å²) in [4.78, 5) is 0. The highest BCUT2D eigenvalue weighted by Crippen LogP contribution is 2.08. The van der Waals surface area contributed by atoms with Crippen molar-refractivity contribution >= 4 is 18.4 Å². The Kier molecular flexibility index (Phi) is 2.99. The largest absolute Gasteiger partial charge is 0.314 e. The summed E-state index contributed by atoms with van der Waals surface area (Å²) in [6.07, 6.45) is 0. The molecule has 0 N–H and O–H groups in total. The van der Waals surface area contributed by atoms with Crippen LogP contribution in [0.2, 0.25) is 19.6 Å². The molecule has 0 spiro atoms. The molecule has 0 aliphatic rings. The van der Waals surface area contributed by atoms with Crippen LogP contribution in [0, 0.1) is 0 Å². The third kappa shape index (κ3) is 4.89. The number of halogens is 1. The van der Waals surface area contributed by atoms with E-state index in [1.807, 2.05) is 0 Å². The summed E-state index contributed by atoms with van der Waals surface area (Å²) in [5, 5.41) is 0. The Labute approximate surface area is 61.5 Å². The summed E-state index contributed by atoms with van der Waals surface area (Å²) in [7, 11) is -6.02. The number of hydrogen-bond donors (Lipinski definition) is 0. The van der Waals surface area contributed by atoms with Crippen LogP contribution >= 0.6 is 0 Å². The van der Waals surface area contributed by atoms with Crippen molar-refractivity contribution in [3.63, 3.8) is 0 Å². The molecule has 0 heterocycles. The molecule has 0 saturated carbocycles. The number of alkyl halides is 1. The molecule has 0 rings (SSSR count). The van der Waals surface area contributed by atoms with Gasteiger partial charge < -0.3 is 3.87 Å². The maximum Gasteiger partial charge on any atom is 0.287 e. The van der Waals surface area contributed by atoms with Crippen LogP contribution in [0.25, 0.3) is 0 Å². The van der Waals surface area contributed by atoms with Crippen LogP contribution in [0.3, 0.4) is 0 Å². The van der Waals surface area contributed by atoms with Crippen molar-refractivity contribution in [2.24, 2.45) is 0 Å². The van der Waals surface area contributed by atoms with E-state index in [0.717, 1.165) is 0 Å². The van der Waals surface area contributed by atoms with Crippen molar-refractivity contribution in [2.75, 3.05) is 6.01 Å². The fourth-order valence-electron chi connectivity index (χ4n) is 0.403. The number of rotatable bonds is 3. The van der Waals surface area contributed by atoms with Gasteiger partial charge in [0.25, 0.3) is 10.1 Å². The average molecular weight is 186 g/mol. The van der Waals surface area contributed by atoms with Crippen LogP contribution in [0.1, 0.15) is 0 Å². The highest BCUT2D eigenvalue weighted by Gasteiger charge is 2.23. The summed E-state index contributed by atoms with van der Waals surface area (Å²) in [5.41, 5.74) is 0. The van der Waals surface area contributed by atoms with Gasteiger partial charge in [0.2, 0.25) is 14.3 Å². The second-order valence-electron chi connectivity index (χ2n) is 2.86. The molecular weight excluding hydrogens is 175 g/mol. The van der Waals surface area contributed by atoms with E-state index in [-0.39, 0.29) is 0 Å². The molecule has 10 heavy (non-hydrogen) atoms. The Bertz CT molecular complexity index is 193. The highest BCUT2D eigenvalue weighted by atomic mass is 32.2. The molecule has 62 valence electrons. The molecule has 0 aromatic carbocycles. The Morgan fingerprint density at radius 2 is 1.80 bits per heavy atom. The standard InChI is InChI=1S/C4H11FO3SSi/c1-10(2,3)8-9(6,7)4-5/h4H2,1-3H3. The summed E-state index contributed by atoms with van der Waals surface area (Å²) in [5.74, 6) is 0. The Morgan fingerprint density at radius 1 is 1.40 bits per heavy atom. The second kappa shape index (κ2) is 2.98. The maximum atomic E-state index is 11.6. The highest BCUT2D eigenvalue weighted by molar-refractivity contribution is 7.87. The molecule has 0 aromatic rings. The molecule has 0 aliphatic carbocycles. The van der Waals surface area contributed by atoms with Gasteiger partial charge in [-0.3, -0.25) is 0 Å². The quantitative estimate of drug-likeness (QED) is 0.620. The van der Waals surface area contributed by atoms with Gasteiger partial charge in [-0.05, 0) is 19.6 Å². The van der Waals surface area contributed by atoms with Crippen molar-refractivity contribution < 1.29 is 16.7 Å². The number of hydrogen-bond acceptors (Lipinski definition) is 3. The first-order chi connectivity index (χ1) is 4.27. The molecule has 0 atom stereocenters. The molecule has 0 radical (unpaired) electrons. The van der Waals surface area contributed by atoms with Gasteiger partial charge in [0, 0.05) is 0 Å². The van der Waals surface area contributed by atoms with Crippen molar-refractivity contribution in [3.05, 3.63) is 0 Å². The minimum atomic E-state index is -3.88. The lowest BCUT2D eigenvalue weighted by Gasteiger charge is -2.14. The van der Waals surface area contributed by atoms with Gasteiger partial charge in [-0.1, -0.05) is 0 Å².